The maximum Gasteiger partial charge on any atom is 0.410 e. The number of hydrogen-bond acceptors (Lipinski definition) is 4. The molecule has 4 aliphatic rings. The zero-order valence-electron chi connectivity index (χ0n) is 23.1. The molecule has 1 aromatic carbocycles. The number of rotatable bonds is 6. The van der Waals surface area contributed by atoms with Gasteiger partial charge in [0.15, 0.2) is 0 Å². The Bertz CT molecular complexity index is 1030. The lowest BCUT2D eigenvalue weighted by molar-refractivity contribution is -0.139. The van der Waals surface area contributed by atoms with Crippen molar-refractivity contribution in [3.05, 3.63) is 35.4 Å². The largest absolute Gasteiger partial charge is 0.447 e. The number of benzene rings is 1. The highest BCUT2D eigenvalue weighted by atomic mass is 19.1. The van der Waals surface area contributed by atoms with Crippen molar-refractivity contribution in [2.75, 3.05) is 33.3 Å². The van der Waals surface area contributed by atoms with Gasteiger partial charge < -0.3 is 15.0 Å². The Hall–Kier alpha value is -2.22. The minimum absolute atomic E-state index is 0.0243. The quantitative estimate of drug-likeness (QED) is 0.529. The molecule has 5 rings (SSSR count). The Kier molecular flexibility index (Phi) is 7.73. The van der Waals surface area contributed by atoms with Gasteiger partial charge in [0.1, 0.15) is 18.2 Å². The van der Waals surface area contributed by atoms with Gasteiger partial charge in [0, 0.05) is 37.7 Å². The summed E-state index contributed by atoms with van der Waals surface area (Å²) in [5, 5.41) is 3.27. The van der Waals surface area contributed by atoms with Crippen molar-refractivity contribution < 1.29 is 23.1 Å². The number of carbonyl (C=O) groups is 2. The summed E-state index contributed by atoms with van der Waals surface area (Å²) < 4.78 is 33.8. The van der Waals surface area contributed by atoms with Gasteiger partial charge in [0.25, 0.3) is 0 Å². The minimum Gasteiger partial charge on any atom is -0.447 e. The number of ether oxygens (including phenoxy) is 1. The lowest BCUT2D eigenvalue weighted by atomic mass is 9.63. The molecule has 0 spiro atoms. The van der Waals surface area contributed by atoms with Crippen LogP contribution >= 0.6 is 0 Å². The second-order valence-electron chi connectivity index (χ2n) is 12.8. The first-order valence-corrected chi connectivity index (χ1v) is 14.5. The summed E-state index contributed by atoms with van der Waals surface area (Å²) in [6.45, 7) is 6.53. The zero-order chi connectivity index (χ0) is 27.1. The molecule has 3 unspecified atom stereocenters. The molecular weight excluding hydrogens is 488 g/mol. The summed E-state index contributed by atoms with van der Waals surface area (Å²) in [6.07, 6.45) is 8.87. The number of hydrogen-bond donors (Lipinski definition) is 1. The van der Waals surface area contributed by atoms with Crippen LogP contribution in [0.5, 0.6) is 0 Å². The van der Waals surface area contributed by atoms with Crippen LogP contribution in [0.15, 0.2) is 18.2 Å². The topological polar surface area (TPSA) is 61.9 Å². The van der Waals surface area contributed by atoms with Crippen LogP contribution < -0.4 is 5.32 Å². The molecular formula is C30H43F2N3O3. The first-order chi connectivity index (χ1) is 18.1. The molecule has 38 heavy (non-hydrogen) atoms. The van der Waals surface area contributed by atoms with Crippen LogP contribution in [0.1, 0.15) is 83.1 Å². The summed E-state index contributed by atoms with van der Waals surface area (Å²) >= 11 is 0. The fraction of sp³-hybridized carbons (Fsp3) is 0.733. The Morgan fingerprint density at radius 3 is 2.42 bits per heavy atom. The van der Waals surface area contributed by atoms with E-state index in [4.69, 9.17) is 4.74 Å². The summed E-state index contributed by atoms with van der Waals surface area (Å²) in [6, 6.07) is 3.84. The van der Waals surface area contributed by atoms with Gasteiger partial charge in [-0.15, -0.1) is 0 Å². The normalized spacial score (nSPS) is 29.5. The third kappa shape index (κ3) is 5.17. The fourth-order valence-electron chi connectivity index (χ4n) is 7.74. The van der Waals surface area contributed by atoms with E-state index in [9.17, 15) is 18.4 Å². The van der Waals surface area contributed by atoms with Gasteiger partial charge in [0.05, 0.1) is 5.54 Å². The van der Waals surface area contributed by atoms with Crippen molar-refractivity contribution in [2.45, 2.75) is 89.1 Å². The van der Waals surface area contributed by atoms with E-state index in [1.54, 1.807) is 0 Å². The van der Waals surface area contributed by atoms with Gasteiger partial charge in [0.2, 0.25) is 5.91 Å². The van der Waals surface area contributed by atoms with Crippen LogP contribution in [0.25, 0.3) is 0 Å². The number of carbonyl (C=O) groups excluding carboxylic acids is 2. The van der Waals surface area contributed by atoms with Crippen molar-refractivity contribution in [1.29, 1.82) is 0 Å². The smallest absolute Gasteiger partial charge is 0.410 e. The van der Waals surface area contributed by atoms with E-state index in [1.165, 1.54) is 44.2 Å². The molecule has 0 radical (unpaired) electrons. The third-order valence-corrected chi connectivity index (χ3v) is 10.2. The Balaban J connectivity index is 1.34. The average Bonchev–Trinajstić information content (AvgIpc) is 3.45. The highest BCUT2D eigenvalue weighted by molar-refractivity contribution is 5.80. The monoisotopic (exact) mass is 531 g/mol. The van der Waals surface area contributed by atoms with E-state index >= 15 is 0 Å². The van der Waals surface area contributed by atoms with Crippen molar-refractivity contribution >= 4 is 12.0 Å². The lowest BCUT2D eigenvalue weighted by Crippen LogP contribution is -2.55. The van der Waals surface area contributed by atoms with Gasteiger partial charge in [-0.05, 0) is 88.3 Å². The number of halogens is 2. The highest BCUT2D eigenvalue weighted by Gasteiger charge is 2.50. The van der Waals surface area contributed by atoms with Crippen LogP contribution in [0.4, 0.5) is 13.6 Å². The SMILES string of the molecule is CNC1CC(C(=O)N2CCC(CN3C(=O)OCC3(C)C)(C3CCCCC3)CC2)C(c2ccc(F)cc2F)C1. The summed E-state index contributed by atoms with van der Waals surface area (Å²) in [4.78, 5) is 30.5. The maximum absolute atomic E-state index is 14.8. The fourth-order valence-corrected chi connectivity index (χ4v) is 7.74. The van der Waals surface area contributed by atoms with Gasteiger partial charge in [-0.3, -0.25) is 9.69 Å². The average molecular weight is 532 g/mol. The standard InChI is InChI=1S/C30H43F2N3O3/c1-29(2)19-38-28(37)35(29)18-30(20-7-5-4-6-8-20)11-13-34(14-12-30)27(36)25-17-22(33-3)16-24(25)23-10-9-21(31)15-26(23)32/h9-10,15,20,22,24-25,33H,4-8,11-14,16-19H2,1-3H3. The Morgan fingerprint density at radius 1 is 1.11 bits per heavy atom. The van der Waals surface area contributed by atoms with Crippen molar-refractivity contribution in [2.24, 2.45) is 17.3 Å². The van der Waals surface area contributed by atoms with Crippen LogP contribution in [-0.2, 0) is 9.53 Å². The molecule has 2 saturated carbocycles. The highest BCUT2D eigenvalue weighted by Crippen LogP contribution is 2.49. The van der Waals surface area contributed by atoms with E-state index in [0.29, 0.717) is 50.6 Å². The van der Waals surface area contributed by atoms with E-state index in [2.05, 4.69) is 19.2 Å². The molecule has 4 fully saturated rings. The van der Waals surface area contributed by atoms with E-state index < -0.39 is 11.6 Å². The minimum atomic E-state index is -0.600. The molecule has 210 valence electrons. The summed E-state index contributed by atoms with van der Waals surface area (Å²) in [5.41, 5.74) is 0.0824. The van der Waals surface area contributed by atoms with E-state index in [-0.39, 0.29) is 40.8 Å². The Labute approximate surface area is 225 Å². The second-order valence-corrected chi connectivity index (χ2v) is 12.8. The predicted octanol–water partition coefficient (Wildman–Crippen LogP) is 5.47. The molecule has 2 saturated heterocycles. The van der Waals surface area contributed by atoms with Crippen molar-refractivity contribution in [3.63, 3.8) is 0 Å². The molecule has 2 amide bonds. The van der Waals surface area contributed by atoms with Crippen molar-refractivity contribution in [3.8, 4) is 0 Å². The number of nitrogens with one attached hydrogen (secondary N) is 1. The molecule has 0 aromatic heterocycles. The molecule has 3 atom stereocenters. The van der Waals surface area contributed by atoms with E-state index in [0.717, 1.165) is 18.9 Å². The Morgan fingerprint density at radius 2 is 1.82 bits per heavy atom. The predicted molar refractivity (Wildman–Crippen MR) is 142 cm³/mol. The van der Waals surface area contributed by atoms with E-state index in [1.807, 2.05) is 16.8 Å². The first kappa shape index (κ1) is 27.4. The summed E-state index contributed by atoms with van der Waals surface area (Å²) in [7, 11) is 1.87. The molecule has 8 heteroatoms. The molecule has 1 aromatic rings. The first-order valence-electron chi connectivity index (χ1n) is 14.5. The van der Waals surface area contributed by atoms with Gasteiger partial charge in [-0.1, -0.05) is 25.3 Å². The maximum atomic E-state index is 14.8. The molecule has 6 nitrogen and oxygen atoms in total. The molecule has 1 N–H and O–H groups in total. The second kappa shape index (κ2) is 10.7. The third-order valence-electron chi connectivity index (χ3n) is 10.2. The van der Waals surface area contributed by atoms with Crippen LogP contribution in [-0.4, -0.2) is 66.7 Å². The number of amides is 2. The number of piperidine rings is 1. The van der Waals surface area contributed by atoms with Crippen LogP contribution in [0.2, 0.25) is 0 Å². The summed E-state index contributed by atoms with van der Waals surface area (Å²) in [5.74, 6) is -1.15. The molecule has 0 bridgehead atoms. The van der Waals surface area contributed by atoms with Crippen molar-refractivity contribution in [1.82, 2.24) is 15.1 Å². The van der Waals surface area contributed by atoms with Crippen LogP contribution in [0, 0.1) is 28.9 Å². The molecule has 2 heterocycles. The number of cyclic esters (lactones) is 1. The number of likely N-dealkylation sites (tertiary alicyclic amines) is 1. The molecule has 2 aliphatic carbocycles. The van der Waals surface area contributed by atoms with Gasteiger partial charge in [-0.2, -0.15) is 0 Å². The zero-order valence-corrected chi connectivity index (χ0v) is 23.1. The molecule has 2 aliphatic heterocycles. The van der Waals surface area contributed by atoms with Gasteiger partial charge in [-0.25, -0.2) is 13.6 Å². The van der Waals surface area contributed by atoms with Gasteiger partial charge >= 0.3 is 6.09 Å². The van der Waals surface area contributed by atoms with Crippen LogP contribution in [0.3, 0.4) is 0 Å². The number of nitrogens with zero attached hydrogens (tertiary/aromatic N) is 2. The lowest BCUT2D eigenvalue weighted by Gasteiger charge is -2.51.